The number of ether oxygens (including phenoxy) is 1. The number of carbonyl (C=O) groups is 2. The average Bonchev–Trinajstić information content (AvgIpc) is 2.53. The van der Waals surface area contributed by atoms with Crippen LogP contribution in [0.5, 0.6) is 5.75 Å². The smallest absolute Gasteiger partial charge is 0.260 e. The Balaban J connectivity index is 1.74. The van der Waals surface area contributed by atoms with Crippen molar-refractivity contribution in [3.63, 3.8) is 0 Å². The molecule has 1 N–H and O–H groups in total. The summed E-state index contributed by atoms with van der Waals surface area (Å²) in [5.41, 5.74) is 0. The van der Waals surface area contributed by atoms with Gasteiger partial charge in [-0.2, -0.15) is 0 Å². The SMILES string of the molecule is CCC(=O)NC1CCN(C(=O)COc2cccc(F)c2)CC1. The molecule has 0 radical (unpaired) electrons. The van der Waals surface area contributed by atoms with Crippen LogP contribution in [0.1, 0.15) is 26.2 Å². The van der Waals surface area contributed by atoms with E-state index in [0.29, 0.717) is 25.3 Å². The second-order valence-corrected chi connectivity index (χ2v) is 5.32. The summed E-state index contributed by atoms with van der Waals surface area (Å²) in [6.45, 7) is 2.91. The van der Waals surface area contributed by atoms with Gasteiger partial charge in [-0.15, -0.1) is 0 Å². The van der Waals surface area contributed by atoms with Crippen molar-refractivity contribution < 1.29 is 18.7 Å². The molecular weight excluding hydrogens is 287 g/mol. The normalized spacial score (nSPS) is 15.5. The summed E-state index contributed by atoms with van der Waals surface area (Å²) < 4.78 is 18.3. The largest absolute Gasteiger partial charge is 0.484 e. The van der Waals surface area contributed by atoms with Gasteiger partial charge in [-0.25, -0.2) is 4.39 Å². The van der Waals surface area contributed by atoms with E-state index in [9.17, 15) is 14.0 Å². The molecule has 1 saturated heterocycles. The molecule has 120 valence electrons. The number of nitrogens with zero attached hydrogens (tertiary/aromatic N) is 1. The first-order valence-corrected chi connectivity index (χ1v) is 7.54. The quantitative estimate of drug-likeness (QED) is 0.901. The highest BCUT2D eigenvalue weighted by molar-refractivity contribution is 5.78. The lowest BCUT2D eigenvalue weighted by molar-refractivity contribution is -0.134. The Labute approximate surface area is 129 Å². The van der Waals surface area contributed by atoms with E-state index in [-0.39, 0.29) is 24.5 Å². The van der Waals surface area contributed by atoms with Crippen LogP contribution in [0.3, 0.4) is 0 Å². The van der Waals surface area contributed by atoms with E-state index in [1.54, 1.807) is 11.0 Å². The van der Waals surface area contributed by atoms with Crippen molar-refractivity contribution in [2.45, 2.75) is 32.2 Å². The van der Waals surface area contributed by atoms with Crippen molar-refractivity contribution in [1.82, 2.24) is 10.2 Å². The zero-order valence-electron chi connectivity index (χ0n) is 12.7. The van der Waals surface area contributed by atoms with E-state index >= 15 is 0 Å². The minimum absolute atomic E-state index is 0.0409. The van der Waals surface area contributed by atoms with Crippen LogP contribution in [0.15, 0.2) is 24.3 Å². The number of piperidine rings is 1. The molecule has 0 atom stereocenters. The monoisotopic (exact) mass is 308 g/mol. The number of rotatable bonds is 5. The van der Waals surface area contributed by atoms with E-state index in [1.807, 2.05) is 6.92 Å². The fourth-order valence-electron chi connectivity index (χ4n) is 2.40. The van der Waals surface area contributed by atoms with E-state index in [4.69, 9.17) is 4.74 Å². The van der Waals surface area contributed by atoms with Gasteiger partial charge in [0, 0.05) is 31.6 Å². The van der Waals surface area contributed by atoms with Gasteiger partial charge in [-0.3, -0.25) is 9.59 Å². The van der Waals surface area contributed by atoms with Crippen LogP contribution in [0.25, 0.3) is 0 Å². The highest BCUT2D eigenvalue weighted by atomic mass is 19.1. The standard InChI is InChI=1S/C16H21FN2O3/c1-2-15(20)18-13-6-8-19(9-7-13)16(21)11-22-14-5-3-4-12(17)10-14/h3-5,10,13H,2,6-9,11H2,1H3,(H,18,20). The topological polar surface area (TPSA) is 58.6 Å². The molecule has 0 bridgehead atoms. The van der Waals surface area contributed by atoms with Crippen molar-refractivity contribution >= 4 is 11.8 Å². The summed E-state index contributed by atoms with van der Waals surface area (Å²) in [5.74, 6) is -0.125. The Morgan fingerprint density at radius 1 is 1.36 bits per heavy atom. The lowest BCUT2D eigenvalue weighted by Gasteiger charge is -2.32. The van der Waals surface area contributed by atoms with Crippen LogP contribution in [0.2, 0.25) is 0 Å². The number of carbonyl (C=O) groups excluding carboxylic acids is 2. The van der Waals surface area contributed by atoms with Gasteiger partial charge in [0.2, 0.25) is 5.91 Å². The second-order valence-electron chi connectivity index (χ2n) is 5.32. The summed E-state index contributed by atoms with van der Waals surface area (Å²) in [5, 5.41) is 2.94. The molecule has 1 aliphatic rings. The van der Waals surface area contributed by atoms with E-state index < -0.39 is 5.82 Å². The predicted octanol–water partition coefficient (Wildman–Crippen LogP) is 1.72. The van der Waals surface area contributed by atoms with E-state index in [2.05, 4.69) is 5.32 Å². The molecule has 0 aliphatic carbocycles. The van der Waals surface area contributed by atoms with Gasteiger partial charge in [0.25, 0.3) is 5.91 Å². The molecule has 1 fully saturated rings. The van der Waals surface area contributed by atoms with Crippen molar-refractivity contribution in [1.29, 1.82) is 0 Å². The molecule has 2 amide bonds. The minimum Gasteiger partial charge on any atom is -0.484 e. The van der Waals surface area contributed by atoms with Crippen LogP contribution in [0, 0.1) is 5.82 Å². The zero-order valence-corrected chi connectivity index (χ0v) is 12.7. The van der Waals surface area contributed by atoms with Gasteiger partial charge in [-0.1, -0.05) is 13.0 Å². The first-order chi connectivity index (χ1) is 10.6. The maximum absolute atomic E-state index is 13.0. The fourth-order valence-corrected chi connectivity index (χ4v) is 2.40. The lowest BCUT2D eigenvalue weighted by atomic mass is 10.0. The molecular formula is C16H21FN2O3. The van der Waals surface area contributed by atoms with Crippen molar-refractivity contribution in [2.75, 3.05) is 19.7 Å². The number of hydrogen-bond donors (Lipinski definition) is 1. The Bertz CT molecular complexity index is 528. The highest BCUT2D eigenvalue weighted by Crippen LogP contribution is 2.14. The van der Waals surface area contributed by atoms with Crippen LogP contribution < -0.4 is 10.1 Å². The Morgan fingerprint density at radius 2 is 2.09 bits per heavy atom. The molecule has 6 heteroatoms. The third-order valence-corrected chi connectivity index (χ3v) is 3.69. The molecule has 5 nitrogen and oxygen atoms in total. The first-order valence-electron chi connectivity index (χ1n) is 7.54. The average molecular weight is 308 g/mol. The first kappa shape index (κ1) is 16.3. The Hall–Kier alpha value is -2.11. The van der Waals surface area contributed by atoms with E-state index in [0.717, 1.165) is 12.8 Å². The molecule has 0 spiro atoms. The molecule has 1 aliphatic heterocycles. The summed E-state index contributed by atoms with van der Waals surface area (Å²) in [4.78, 5) is 25.1. The van der Waals surface area contributed by atoms with Gasteiger partial charge in [-0.05, 0) is 25.0 Å². The molecule has 22 heavy (non-hydrogen) atoms. The van der Waals surface area contributed by atoms with Gasteiger partial charge in [0.15, 0.2) is 6.61 Å². The zero-order chi connectivity index (χ0) is 15.9. The van der Waals surface area contributed by atoms with Gasteiger partial charge in [0.1, 0.15) is 11.6 Å². The van der Waals surface area contributed by atoms with Gasteiger partial charge in [0.05, 0.1) is 0 Å². The Kier molecular flexibility index (Phi) is 5.75. The summed E-state index contributed by atoms with van der Waals surface area (Å²) in [6.07, 6.45) is 1.97. The molecule has 1 aromatic carbocycles. The second kappa shape index (κ2) is 7.77. The highest BCUT2D eigenvalue weighted by Gasteiger charge is 2.23. The summed E-state index contributed by atoms with van der Waals surface area (Å²) in [6, 6.07) is 5.87. The number of nitrogens with one attached hydrogen (secondary N) is 1. The summed E-state index contributed by atoms with van der Waals surface area (Å²) in [7, 11) is 0. The molecule has 2 rings (SSSR count). The maximum Gasteiger partial charge on any atom is 0.260 e. The number of halogens is 1. The number of hydrogen-bond acceptors (Lipinski definition) is 3. The van der Waals surface area contributed by atoms with Crippen LogP contribution in [-0.4, -0.2) is 42.5 Å². The maximum atomic E-state index is 13.0. The Morgan fingerprint density at radius 3 is 2.73 bits per heavy atom. The molecule has 1 aromatic rings. The minimum atomic E-state index is -0.391. The third kappa shape index (κ3) is 4.72. The summed E-state index contributed by atoms with van der Waals surface area (Å²) >= 11 is 0. The molecule has 0 unspecified atom stereocenters. The third-order valence-electron chi connectivity index (χ3n) is 3.69. The molecule has 0 saturated carbocycles. The number of amides is 2. The van der Waals surface area contributed by atoms with Crippen molar-refractivity contribution in [2.24, 2.45) is 0 Å². The molecule has 1 heterocycles. The number of likely N-dealkylation sites (tertiary alicyclic amines) is 1. The van der Waals surface area contributed by atoms with Crippen LogP contribution in [0.4, 0.5) is 4.39 Å². The van der Waals surface area contributed by atoms with Gasteiger partial charge >= 0.3 is 0 Å². The van der Waals surface area contributed by atoms with Crippen LogP contribution >= 0.6 is 0 Å². The van der Waals surface area contributed by atoms with E-state index in [1.165, 1.54) is 18.2 Å². The molecule has 0 aromatic heterocycles. The lowest BCUT2D eigenvalue weighted by Crippen LogP contribution is -2.47. The van der Waals surface area contributed by atoms with Crippen molar-refractivity contribution in [3.8, 4) is 5.75 Å². The predicted molar refractivity (Wildman–Crippen MR) is 79.9 cm³/mol. The number of benzene rings is 1. The van der Waals surface area contributed by atoms with Crippen LogP contribution in [-0.2, 0) is 9.59 Å². The fraction of sp³-hybridized carbons (Fsp3) is 0.500. The van der Waals surface area contributed by atoms with Crippen molar-refractivity contribution in [3.05, 3.63) is 30.1 Å². The van der Waals surface area contributed by atoms with Gasteiger partial charge < -0.3 is 15.0 Å².